The first kappa shape index (κ1) is 14.4. The van der Waals surface area contributed by atoms with Gasteiger partial charge in [0.2, 0.25) is 0 Å². The molecular formula is C16H15ClO3. The van der Waals surface area contributed by atoms with Crippen molar-refractivity contribution in [3.8, 4) is 11.5 Å². The fourth-order valence-electron chi connectivity index (χ4n) is 1.69. The van der Waals surface area contributed by atoms with E-state index in [1.807, 2.05) is 32.0 Å². The minimum Gasteiger partial charge on any atom is -0.482 e. The Morgan fingerprint density at radius 2 is 1.90 bits per heavy atom. The standard InChI is InChI=1S/C16H15ClO3/c1-11-4-3-5-13(8-11)19-10-16(18)20-14-6-7-15(17)12(2)9-14/h3-9H,10H2,1-2H3. The monoisotopic (exact) mass is 290 g/mol. The van der Waals surface area contributed by atoms with E-state index in [-0.39, 0.29) is 6.61 Å². The van der Waals surface area contributed by atoms with Crippen molar-refractivity contribution >= 4 is 17.6 Å². The van der Waals surface area contributed by atoms with Crippen LogP contribution in [-0.2, 0) is 4.79 Å². The minimum atomic E-state index is -0.451. The topological polar surface area (TPSA) is 35.5 Å². The summed E-state index contributed by atoms with van der Waals surface area (Å²) in [5.74, 6) is 0.659. The first-order valence-electron chi connectivity index (χ1n) is 6.21. The Morgan fingerprint density at radius 3 is 2.60 bits per heavy atom. The Hall–Kier alpha value is -2.00. The molecule has 0 atom stereocenters. The molecule has 0 fully saturated rings. The minimum absolute atomic E-state index is 0.134. The number of hydrogen-bond acceptors (Lipinski definition) is 3. The van der Waals surface area contributed by atoms with Crippen LogP contribution in [0.2, 0.25) is 5.02 Å². The van der Waals surface area contributed by atoms with Crippen LogP contribution in [0.25, 0.3) is 0 Å². The van der Waals surface area contributed by atoms with Gasteiger partial charge in [-0.2, -0.15) is 0 Å². The summed E-state index contributed by atoms with van der Waals surface area (Å²) in [5, 5.41) is 0.640. The number of esters is 1. The molecule has 0 aliphatic rings. The average Bonchev–Trinajstić information content (AvgIpc) is 2.41. The SMILES string of the molecule is Cc1cccc(OCC(=O)Oc2ccc(Cl)c(C)c2)c1. The van der Waals surface area contributed by atoms with Gasteiger partial charge >= 0.3 is 5.97 Å². The highest BCUT2D eigenvalue weighted by molar-refractivity contribution is 6.31. The van der Waals surface area contributed by atoms with Gasteiger partial charge in [0.1, 0.15) is 11.5 Å². The van der Waals surface area contributed by atoms with Crippen LogP contribution in [0.15, 0.2) is 42.5 Å². The van der Waals surface area contributed by atoms with Gasteiger partial charge in [0.25, 0.3) is 0 Å². The second-order valence-corrected chi connectivity index (χ2v) is 4.90. The lowest BCUT2D eigenvalue weighted by molar-refractivity contribution is -0.136. The lowest BCUT2D eigenvalue weighted by atomic mass is 10.2. The summed E-state index contributed by atoms with van der Waals surface area (Å²) in [6.45, 7) is 3.68. The molecule has 0 amide bonds. The van der Waals surface area contributed by atoms with Gasteiger partial charge < -0.3 is 9.47 Å². The molecule has 0 N–H and O–H groups in total. The molecule has 2 aromatic rings. The molecule has 0 aliphatic heterocycles. The number of halogens is 1. The maximum Gasteiger partial charge on any atom is 0.349 e. The molecule has 20 heavy (non-hydrogen) atoms. The maximum absolute atomic E-state index is 11.7. The highest BCUT2D eigenvalue weighted by atomic mass is 35.5. The molecule has 3 nitrogen and oxygen atoms in total. The molecule has 0 heterocycles. The van der Waals surface area contributed by atoms with E-state index in [2.05, 4.69) is 0 Å². The van der Waals surface area contributed by atoms with Crippen LogP contribution in [0.3, 0.4) is 0 Å². The number of carbonyl (C=O) groups is 1. The van der Waals surface area contributed by atoms with Crippen molar-refractivity contribution in [2.75, 3.05) is 6.61 Å². The summed E-state index contributed by atoms with van der Waals surface area (Å²) in [4.78, 5) is 11.7. The van der Waals surface area contributed by atoms with E-state index in [4.69, 9.17) is 21.1 Å². The molecule has 0 saturated carbocycles. The van der Waals surface area contributed by atoms with Gasteiger partial charge in [-0.15, -0.1) is 0 Å². The van der Waals surface area contributed by atoms with Crippen molar-refractivity contribution in [1.29, 1.82) is 0 Å². The summed E-state index contributed by atoms with van der Waals surface area (Å²) < 4.78 is 10.6. The van der Waals surface area contributed by atoms with E-state index in [1.165, 1.54) is 0 Å². The van der Waals surface area contributed by atoms with Crippen molar-refractivity contribution in [1.82, 2.24) is 0 Å². The molecule has 0 aliphatic carbocycles. The van der Waals surface area contributed by atoms with Gasteiger partial charge in [0.15, 0.2) is 6.61 Å². The Bertz CT molecular complexity index is 623. The first-order valence-corrected chi connectivity index (χ1v) is 6.59. The fourth-order valence-corrected chi connectivity index (χ4v) is 1.81. The van der Waals surface area contributed by atoms with Crippen molar-refractivity contribution < 1.29 is 14.3 Å². The van der Waals surface area contributed by atoms with E-state index in [0.29, 0.717) is 16.5 Å². The lowest BCUT2D eigenvalue weighted by Crippen LogP contribution is -2.17. The van der Waals surface area contributed by atoms with E-state index in [1.54, 1.807) is 24.3 Å². The molecule has 2 aromatic carbocycles. The van der Waals surface area contributed by atoms with E-state index in [9.17, 15) is 4.79 Å². The summed E-state index contributed by atoms with van der Waals surface area (Å²) in [6.07, 6.45) is 0. The molecule has 0 unspecified atom stereocenters. The Morgan fingerprint density at radius 1 is 1.10 bits per heavy atom. The van der Waals surface area contributed by atoms with E-state index in [0.717, 1.165) is 11.1 Å². The van der Waals surface area contributed by atoms with Crippen LogP contribution in [0.1, 0.15) is 11.1 Å². The number of aryl methyl sites for hydroxylation is 2. The molecule has 0 aromatic heterocycles. The highest BCUT2D eigenvalue weighted by Crippen LogP contribution is 2.21. The van der Waals surface area contributed by atoms with Gasteiger partial charge in [-0.1, -0.05) is 23.7 Å². The lowest BCUT2D eigenvalue weighted by Gasteiger charge is -2.08. The van der Waals surface area contributed by atoms with Crippen LogP contribution in [-0.4, -0.2) is 12.6 Å². The normalized spacial score (nSPS) is 10.2. The van der Waals surface area contributed by atoms with Crippen molar-refractivity contribution in [3.05, 3.63) is 58.6 Å². The molecule has 104 valence electrons. The molecule has 0 spiro atoms. The fraction of sp³-hybridized carbons (Fsp3) is 0.188. The Kier molecular flexibility index (Phi) is 4.64. The van der Waals surface area contributed by atoms with Crippen LogP contribution in [0.4, 0.5) is 0 Å². The first-order chi connectivity index (χ1) is 9.54. The second kappa shape index (κ2) is 6.44. The molecule has 0 saturated heterocycles. The third-order valence-electron chi connectivity index (χ3n) is 2.71. The zero-order valence-electron chi connectivity index (χ0n) is 11.4. The van der Waals surface area contributed by atoms with Gasteiger partial charge in [-0.25, -0.2) is 4.79 Å². The van der Waals surface area contributed by atoms with Gasteiger partial charge in [-0.3, -0.25) is 0 Å². The summed E-state index contributed by atoms with van der Waals surface area (Å²) >= 11 is 5.91. The van der Waals surface area contributed by atoms with Gasteiger partial charge in [-0.05, 0) is 55.3 Å². The molecular weight excluding hydrogens is 276 g/mol. The van der Waals surface area contributed by atoms with E-state index < -0.39 is 5.97 Å². The summed E-state index contributed by atoms with van der Waals surface area (Å²) in [6, 6.07) is 12.6. The number of benzene rings is 2. The quantitative estimate of drug-likeness (QED) is 0.632. The third-order valence-corrected chi connectivity index (χ3v) is 3.13. The zero-order chi connectivity index (χ0) is 14.5. The molecule has 0 bridgehead atoms. The predicted octanol–water partition coefficient (Wildman–Crippen LogP) is 3.94. The van der Waals surface area contributed by atoms with E-state index >= 15 is 0 Å². The van der Waals surface area contributed by atoms with Crippen molar-refractivity contribution in [3.63, 3.8) is 0 Å². The molecule has 4 heteroatoms. The van der Waals surface area contributed by atoms with Gasteiger partial charge in [0.05, 0.1) is 0 Å². The smallest absolute Gasteiger partial charge is 0.349 e. The van der Waals surface area contributed by atoms with Crippen LogP contribution < -0.4 is 9.47 Å². The maximum atomic E-state index is 11.7. The van der Waals surface area contributed by atoms with Gasteiger partial charge in [0, 0.05) is 5.02 Å². The number of hydrogen-bond donors (Lipinski definition) is 0. The average molecular weight is 291 g/mol. The van der Waals surface area contributed by atoms with Crippen molar-refractivity contribution in [2.45, 2.75) is 13.8 Å². The summed E-state index contributed by atoms with van der Waals surface area (Å²) in [7, 11) is 0. The second-order valence-electron chi connectivity index (χ2n) is 4.49. The molecule has 2 rings (SSSR count). The third kappa shape index (κ3) is 4.00. The number of carbonyl (C=O) groups excluding carboxylic acids is 1. The molecule has 0 radical (unpaired) electrons. The Labute approximate surface area is 123 Å². The highest BCUT2D eigenvalue weighted by Gasteiger charge is 2.07. The largest absolute Gasteiger partial charge is 0.482 e. The number of ether oxygens (including phenoxy) is 2. The summed E-state index contributed by atoms with van der Waals surface area (Å²) in [5.41, 5.74) is 1.93. The van der Waals surface area contributed by atoms with Crippen LogP contribution >= 0.6 is 11.6 Å². The predicted molar refractivity (Wildman–Crippen MR) is 78.5 cm³/mol. The van der Waals surface area contributed by atoms with Crippen molar-refractivity contribution in [2.24, 2.45) is 0 Å². The number of rotatable bonds is 4. The Balaban J connectivity index is 1.91. The van der Waals surface area contributed by atoms with Crippen LogP contribution in [0.5, 0.6) is 11.5 Å². The van der Waals surface area contributed by atoms with Crippen LogP contribution in [0, 0.1) is 13.8 Å². The zero-order valence-corrected chi connectivity index (χ0v) is 12.1.